The number of hydrogen-bond donors (Lipinski definition) is 0. The molecule has 0 unspecified atom stereocenters. The Hall–Kier alpha value is -3.93. The maximum atomic E-state index is 12.8. The third-order valence-corrected chi connectivity index (χ3v) is 10.2. The minimum Gasteiger partial charge on any atom is -0.462 e. The maximum absolute atomic E-state index is 12.8. The summed E-state index contributed by atoms with van der Waals surface area (Å²) in [7, 11) is 0. The minimum atomic E-state index is -0.822. The molecule has 0 aliphatic rings. The SMILES string of the molecule is CC/C=C\C/C=C\C/C=C\C/C=C\CCCCC(=O)O[C@H](COC(=O)CCCC/C=C\C/C=C\C/C=C\CCCCC)COC(=O)CCCCCCC/C=C\C/C=C\CCCCC. The Bertz CT molecular complexity index is 1330. The van der Waals surface area contributed by atoms with Crippen LogP contribution in [0.3, 0.4) is 0 Å². The van der Waals surface area contributed by atoms with Crippen molar-refractivity contribution in [3.8, 4) is 0 Å². The molecule has 63 heavy (non-hydrogen) atoms. The maximum Gasteiger partial charge on any atom is 0.306 e. The second-order valence-corrected chi connectivity index (χ2v) is 16.3. The Morgan fingerprint density at radius 2 is 0.619 bits per heavy atom. The van der Waals surface area contributed by atoms with Crippen molar-refractivity contribution in [2.24, 2.45) is 0 Å². The molecule has 1 atom stereocenters. The van der Waals surface area contributed by atoms with Crippen molar-refractivity contribution >= 4 is 17.9 Å². The lowest BCUT2D eigenvalue weighted by atomic mass is 10.1. The highest BCUT2D eigenvalue weighted by atomic mass is 16.6. The molecule has 0 aromatic heterocycles. The Kier molecular flexibility index (Phi) is 47.5. The van der Waals surface area contributed by atoms with Crippen molar-refractivity contribution in [3.63, 3.8) is 0 Å². The van der Waals surface area contributed by atoms with E-state index in [4.69, 9.17) is 14.2 Å². The van der Waals surface area contributed by atoms with Gasteiger partial charge in [0.1, 0.15) is 13.2 Å². The number of ether oxygens (including phenoxy) is 3. The Labute approximate surface area is 387 Å². The summed E-state index contributed by atoms with van der Waals surface area (Å²) in [6.45, 7) is 6.37. The molecule has 0 aromatic rings. The molecule has 0 bridgehead atoms. The van der Waals surface area contributed by atoms with E-state index in [0.29, 0.717) is 25.7 Å². The van der Waals surface area contributed by atoms with Crippen molar-refractivity contribution in [2.75, 3.05) is 13.2 Å². The molecule has 0 amide bonds. The first-order valence-corrected chi connectivity index (χ1v) is 25.4. The van der Waals surface area contributed by atoms with Crippen molar-refractivity contribution in [1.29, 1.82) is 0 Å². The lowest BCUT2D eigenvalue weighted by molar-refractivity contribution is -0.167. The first-order valence-electron chi connectivity index (χ1n) is 25.4. The zero-order chi connectivity index (χ0) is 45.8. The van der Waals surface area contributed by atoms with Crippen LogP contribution in [0.1, 0.15) is 213 Å². The van der Waals surface area contributed by atoms with E-state index in [0.717, 1.165) is 109 Å². The molecule has 356 valence electrons. The fourth-order valence-electron chi connectivity index (χ4n) is 6.41. The van der Waals surface area contributed by atoms with Gasteiger partial charge in [-0.15, -0.1) is 0 Å². The van der Waals surface area contributed by atoms with Gasteiger partial charge in [-0.05, 0) is 128 Å². The van der Waals surface area contributed by atoms with E-state index in [1.807, 2.05) is 0 Å². The molecular weight excluding hydrogens is 781 g/mol. The largest absolute Gasteiger partial charge is 0.462 e. The predicted molar refractivity (Wildman–Crippen MR) is 270 cm³/mol. The molecule has 0 rings (SSSR count). The second kappa shape index (κ2) is 50.7. The zero-order valence-electron chi connectivity index (χ0n) is 40.5. The zero-order valence-corrected chi connectivity index (χ0v) is 40.5. The predicted octanol–water partition coefficient (Wildman–Crippen LogP) is 16.8. The van der Waals surface area contributed by atoms with Crippen LogP contribution in [0.2, 0.25) is 0 Å². The van der Waals surface area contributed by atoms with Crippen LogP contribution in [-0.2, 0) is 28.6 Å². The van der Waals surface area contributed by atoms with Crippen molar-refractivity contribution in [3.05, 3.63) is 109 Å². The highest BCUT2D eigenvalue weighted by Crippen LogP contribution is 2.11. The van der Waals surface area contributed by atoms with Gasteiger partial charge >= 0.3 is 17.9 Å². The molecule has 0 aromatic carbocycles. The summed E-state index contributed by atoms with van der Waals surface area (Å²) in [6, 6.07) is 0. The van der Waals surface area contributed by atoms with E-state index in [1.54, 1.807) is 0 Å². The number of esters is 3. The average molecular weight is 873 g/mol. The van der Waals surface area contributed by atoms with Crippen molar-refractivity contribution < 1.29 is 28.6 Å². The van der Waals surface area contributed by atoms with Gasteiger partial charge in [0.2, 0.25) is 0 Å². The van der Waals surface area contributed by atoms with Gasteiger partial charge < -0.3 is 14.2 Å². The number of carbonyl (C=O) groups is 3. The van der Waals surface area contributed by atoms with Gasteiger partial charge in [-0.3, -0.25) is 14.4 Å². The standard InChI is InChI=1S/C57H92O6/c1-4-7-10-13-16-19-22-25-28-31-34-37-40-43-46-49-55(58)61-52-54(63-57(60)51-48-45-42-39-36-33-30-27-24-21-18-15-12-9-6-3)53-62-56(59)50-47-44-41-38-35-32-29-26-23-20-17-14-11-8-5-2/h9,12,16-21,25-30,34,36-37,39,54H,4-8,10-11,13-15,22-24,31-33,35,38,40-53H2,1-3H3/b12-9-,19-16-,20-17-,21-18-,28-25-,29-26-,30-27-,37-34-,39-36-/t54-/m1/s1. The summed E-state index contributed by atoms with van der Waals surface area (Å²) in [5, 5.41) is 0. The van der Waals surface area contributed by atoms with Crippen molar-refractivity contribution in [2.45, 2.75) is 219 Å². The van der Waals surface area contributed by atoms with Gasteiger partial charge in [-0.25, -0.2) is 0 Å². The fraction of sp³-hybridized carbons (Fsp3) is 0.632. The summed E-state index contributed by atoms with van der Waals surface area (Å²) in [4.78, 5) is 37.9. The highest BCUT2D eigenvalue weighted by molar-refractivity contribution is 5.71. The molecule has 0 spiro atoms. The summed E-state index contributed by atoms with van der Waals surface area (Å²) in [6.07, 6.45) is 67.8. The van der Waals surface area contributed by atoms with E-state index >= 15 is 0 Å². The first-order chi connectivity index (χ1) is 31.0. The number of allylic oxidation sites excluding steroid dienone is 18. The topological polar surface area (TPSA) is 78.9 Å². The number of rotatable bonds is 44. The molecule has 0 radical (unpaired) electrons. The fourth-order valence-corrected chi connectivity index (χ4v) is 6.41. The monoisotopic (exact) mass is 873 g/mol. The summed E-state index contributed by atoms with van der Waals surface area (Å²) >= 11 is 0. The Balaban J connectivity index is 4.56. The molecule has 0 heterocycles. The van der Waals surface area contributed by atoms with Crippen LogP contribution in [-0.4, -0.2) is 37.2 Å². The number of hydrogen-bond acceptors (Lipinski definition) is 6. The van der Waals surface area contributed by atoms with Gasteiger partial charge in [0.05, 0.1) is 0 Å². The van der Waals surface area contributed by atoms with Gasteiger partial charge in [-0.2, -0.15) is 0 Å². The van der Waals surface area contributed by atoms with Gasteiger partial charge in [0.15, 0.2) is 6.10 Å². The van der Waals surface area contributed by atoms with Gasteiger partial charge in [0, 0.05) is 19.3 Å². The number of carbonyl (C=O) groups excluding carboxylic acids is 3. The molecule has 0 N–H and O–H groups in total. The molecular formula is C57H92O6. The van der Waals surface area contributed by atoms with Crippen LogP contribution in [0.4, 0.5) is 0 Å². The van der Waals surface area contributed by atoms with Gasteiger partial charge in [0.25, 0.3) is 0 Å². The molecule has 6 heteroatoms. The minimum absolute atomic E-state index is 0.117. The van der Waals surface area contributed by atoms with E-state index in [1.165, 1.54) is 51.4 Å². The summed E-state index contributed by atoms with van der Waals surface area (Å²) in [5.74, 6) is -1.02. The van der Waals surface area contributed by atoms with Crippen LogP contribution in [0.25, 0.3) is 0 Å². The first kappa shape index (κ1) is 59.1. The van der Waals surface area contributed by atoms with E-state index < -0.39 is 6.10 Å². The summed E-state index contributed by atoms with van der Waals surface area (Å²) < 4.78 is 16.7. The molecule has 0 saturated carbocycles. The Morgan fingerprint density at radius 1 is 0.333 bits per heavy atom. The van der Waals surface area contributed by atoms with Gasteiger partial charge in [-0.1, -0.05) is 175 Å². The third kappa shape index (κ3) is 49.0. The van der Waals surface area contributed by atoms with Crippen LogP contribution in [0.15, 0.2) is 109 Å². The van der Waals surface area contributed by atoms with E-state index in [-0.39, 0.29) is 37.5 Å². The van der Waals surface area contributed by atoms with Crippen LogP contribution >= 0.6 is 0 Å². The van der Waals surface area contributed by atoms with Crippen molar-refractivity contribution in [1.82, 2.24) is 0 Å². The quantitative estimate of drug-likeness (QED) is 0.0263. The van der Waals surface area contributed by atoms with Crippen LogP contribution in [0, 0.1) is 0 Å². The van der Waals surface area contributed by atoms with Crippen LogP contribution in [0.5, 0.6) is 0 Å². The number of unbranched alkanes of at least 4 members (excludes halogenated alkanes) is 15. The second-order valence-electron chi connectivity index (χ2n) is 16.3. The molecule has 0 saturated heterocycles. The Morgan fingerprint density at radius 3 is 1.00 bits per heavy atom. The normalized spacial score (nSPS) is 13.0. The van der Waals surface area contributed by atoms with E-state index in [2.05, 4.69) is 130 Å². The average Bonchev–Trinajstić information content (AvgIpc) is 3.28. The summed E-state index contributed by atoms with van der Waals surface area (Å²) in [5.41, 5.74) is 0. The highest BCUT2D eigenvalue weighted by Gasteiger charge is 2.19. The lowest BCUT2D eigenvalue weighted by Gasteiger charge is -2.18. The molecule has 0 fully saturated rings. The van der Waals surface area contributed by atoms with Crippen LogP contribution < -0.4 is 0 Å². The third-order valence-electron chi connectivity index (χ3n) is 10.2. The lowest BCUT2D eigenvalue weighted by Crippen LogP contribution is -2.30. The van der Waals surface area contributed by atoms with E-state index in [9.17, 15) is 14.4 Å². The molecule has 0 aliphatic carbocycles. The molecule has 6 nitrogen and oxygen atoms in total. The molecule has 0 aliphatic heterocycles. The smallest absolute Gasteiger partial charge is 0.306 e.